The van der Waals surface area contributed by atoms with Crippen LogP contribution in [0.3, 0.4) is 0 Å². The Morgan fingerprint density at radius 1 is 1.48 bits per heavy atom. The first-order valence-electron chi connectivity index (χ1n) is 7.66. The van der Waals surface area contributed by atoms with E-state index in [2.05, 4.69) is 23.3 Å². The molecule has 1 fully saturated rings. The molecule has 1 saturated carbocycles. The topological polar surface area (TPSA) is 56.1 Å². The Morgan fingerprint density at radius 3 is 2.95 bits per heavy atom. The standard InChI is InChI=1S/C17H23N3O/c1-20(13-14-5-2-6-14)10-4-9-17(21)19-16-8-3-7-15(11-16)12-18/h3,7-8,11,14H,2,4-6,9-10,13H2,1H3,(H,19,21). The molecule has 4 heteroatoms. The van der Waals surface area contributed by atoms with Gasteiger partial charge in [-0.3, -0.25) is 4.79 Å². The van der Waals surface area contributed by atoms with Crippen molar-refractivity contribution in [3.05, 3.63) is 29.8 Å². The number of nitrogens with one attached hydrogen (secondary N) is 1. The number of nitriles is 1. The van der Waals surface area contributed by atoms with Crippen molar-refractivity contribution in [2.75, 3.05) is 25.5 Å². The largest absolute Gasteiger partial charge is 0.326 e. The molecule has 1 N–H and O–H groups in total. The Labute approximate surface area is 126 Å². The van der Waals surface area contributed by atoms with Crippen LogP contribution in [0.25, 0.3) is 0 Å². The predicted molar refractivity (Wildman–Crippen MR) is 83.9 cm³/mol. The molecule has 0 unspecified atom stereocenters. The van der Waals surface area contributed by atoms with Gasteiger partial charge in [-0.1, -0.05) is 12.5 Å². The number of carbonyl (C=O) groups is 1. The Bertz CT molecular complexity index is 517. The molecule has 112 valence electrons. The molecule has 0 saturated heterocycles. The van der Waals surface area contributed by atoms with Crippen LogP contribution in [0.5, 0.6) is 0 Å². The molecule has 0 radical (unpaired) electrons. The maximum atomic E-state index is 11.9. The number of carbonyl (C=O) groups excluding carboxylic acids is 1. The molecule has 1 aliphatic carbocycles. The zero-order chi connectivity index (χ0) is 15.1. The van der Waals surface area contributed by atoms with Gasteiger partial charge in [-0.05, 0) is 57.0 Å². The number of amides is 1. The van der Waals surface area contributed by atoms with E-state index in [9.17, 15) is 4.79 Å². The van der Waals surface area contributed by atoms with Crippen LogP contribution in [0.2, 0.25) is 0 Å². The number of nitrogens with zero attached hydrogens (tertiary/aromatic N) is 2. The van der Waals surface area contributed by atoms with E-state index in [4.69, 9.17) is 5.26 Å². The molecule has 1 aromatic rings. The average Bonchev–Trinajstić information content (AvgIpc) is 2.43. The van der Waals surface area contributed by atoms with Gasteiger partial charge in [0, 0.05) is 18.7 Å². The van der Waals surface area contributed by atoms with Crippen molar-refractivity contribution in [2.45, 2.75) is 32.1 Å². The fraction of sp³-hybridized carbons (Fsp3) is 0.529. The average molecular weight is 285 g/mol. The summed E-state index contributed by atoms with van der Waals surface area (Å²) >= 11 is 0. The van der Waals surface area contributed by atoms with Gasteiger partial charge in [0.2, 0.25) is 5.91 Å². The van der Waals surface area contributed by atoms with Gasteiger partial charge in [-0.15, -0.1) is 0 Å². The van der Waals surface area contributed by atoms with Crippen LogP contribution in [-0.4, -0.2) is 30.9 Å². The maximum absolute atomic E-state index is 11.9. The fourth-order valence-corrected chi connectivity index (χ4v) is 2.61. The van der Waals surface area contributed by atoms with Crippen LogP contribution in [0.15, 0.2) is 24.3 Å². The Hall–Kier alpha value is -1.86. The Morgan fingerprint density at radius 2 is 2.29 bits per heavy atom. The van der Waals surface area contributed by atoms with Crippen LogP contribution >= 0.6 is 0 Å². The van der Waals surface area contributed by atoms with Crippen molar-refractivity contribution in [2.24, 2.45) is 5.92 Å². The molecular formula is C17H23N3O. The van der Waals surface area contributed by atoms with Crippen LogP contribution in [0.1, 0.15) is 37.7 Å². The highest BCUT2D eigenvalue weighted by Gasteiger charge is 2.18. The predicted octanol–water partition coefficient (Wildman–Crippen LogP) is 3.01. The smallest absolute Gasteiger partial charge is 0.224 e. The third-order valence-electron chi connectivity index (χ3n) is 4.01. The summed E-state index contributed by atoms with van der Waals surface area (Å²) in [7, 11) is 2.13. The number of anilines is 1. The summed E-state index contributed by atoms with van der Waals surface area (Å²) in [5.74, 6) is 0.889. The molecule has 21 heavy (non-hydrogen) atoms. The first-order valence-corrected chi connectivity index (χ1v) is 7.66. The van der Waals surface area contributed by atoms with Gasteiger partial charge < -0.3 is 10.2 Å². The molecule has 1 aliphatic rings. The van der Waals surface area contributed by atoms with Gasteiger partial charge in [0.25, 0.3) is 0 Å². The molecular weight excluding hydrogens is 262 g/mol. The van der Waals surface area contributed by atoms with Crippen LogP contribution in [0.4, 0.5) is 5.69 Å². The van der Waals surface area contributed by atoms with E-state index in [1.54, 1.807) is 18.2 Å². The summed E-state index contributed by atoms with van der Waals surface area (Å²) in [5.41, 5.74) is 1.26. The van der Waals surface area contributed by atoms with Crippen molar-refractivity contribution in [3.8, 4) is 6.07 Å². The summed E-state index contributed by atoms with van der Waals surface area (Å²) < 4.78 is 0. The Kier molecular flexibility index (Phi) is 5.77. The molecule has 0 atom stereocenters. The number of hydrogen-bond acceptors (Lipinski definition) is 3. The first-order chi connectivity index (χ1) is 10.2. The highest BCUT2D eigenvalue weighted by atomic mass is 16.1. The minimum atomic E-state index is 0.0159. The fourth-order valence-electron chi connectivity index (χ4n) is 2.61. The lowest BCUT2D eigenvalue weighted by Gasteiger charge is -2.30. The highest BCUT2D eigenvalue weighted by molar-refractivity contribution is 5.90. The molecule has 4 nitrogen and oxygen atoms in total. The molecule has 1 aromatic carbocycles. The normalized spacial score (nSPS) is 14.5. The molecule has 0 spiro atoms. The van der Waals surface area contributed by atoms with Gasteiger partial charge in [0.15, 0.2) is 0 Å². The monoisotopic (exact) mass is 285 g/mol. The first kappa shape index (κ1) is 15.5. The van der Waals surface area contributed by atoms with Gasteiger partial charge in [-0.25, -0.2) is 0 Å². The van der Waals surface area contributed by atoms with Crippen molar-refractivity contribution in [3.63, 3.8) is 0 Å². The number of benzene rings is 1. The van der Waals surface area contributed by atoms with E-state index in [0.717, 1.165) is 25.4 Å². The second-order valence-electron chi connectivity index (χ2n) is 5.90. The lowest BCUT2D eigenvalue weighted by molar-refractivity contribution is -0.116. The van der Waals surface area contributed by atoms with Crippen molar-refractivity contribution < 1.29 is 4.79 Å². The summed E-state index contributed by atoms with van der Waals surface area (Å²) in [5, 5.41) is 11.7. The van der Waals surface area contributed by atoms with E-state index in [1.807, 2.05) is 6.07 Å². The lowest BCUT2D eigenvalue weighted by atomic mass is 9.85. The zero-order valence-electron chi connectivity index (χ0n) is 12.6. The second-order valence-corrected chi connectivity index (χ2v) is 5.90. The summed E-state index contributed by atoms with van der Waals surface area (Å²) in [6.45, 7) is 2.12. The third-order valence-corrected chi connectivity index (χ3v) is 4.01. The number of hydrogen-bond donors (Lipinski definition) is 1. The van der Waals surface area contributed by atoms with E-state index >= 15 is 0 Å². The summed E-state index contributed by atoms with van der Waals surface area (Å²) in [6, 6.07) is 9.08. The molecule has 2 rings (SSSR count). The molecule has 1 amide bonds. The van der Waals surface area contributed by atoms with Crippen molar-refractivity contribution in [1.29, 1.82) is 5.26 Å². The SMILES string of the molecule is CN(CCCC(=O)Nc1cccc(C#N)c1)CC1CCC1. The van der Waals surface area contributed by atoms with Crippen LogP contribution in [-0.2, 0) is 4.79 Å². The molecule has 0 bridgehead atoms. The van der Waals surface area contributed by atoms with Gasteiger partial charge >= 0.3 is 0 Å². The third kappa shape index (κ3) is 5.20. The van der Waals surface area contributed by atoms with E-state index < -0.39 is 0 Å². The molecule has 0 aliphatic heterocycles. The molecule has 0 aromatic heterocycles. The van der Waals surface area contributed by atoms with Crippen LogP contribution in [0, 0.1) is 17.2 Å². The van der Waals surface area contributed by atoms with Crippen molar-refractivity contribution in [1.82, 2.24) is 4.90 Å². The Balaban J connectivity index is 1.65. The van der Waals surface area contributed by atoms with E-state index in [-0.39, 0.29) is 5.91 Å². The minimum Gasteiger partial charge on any atom is -0.326 e. The summed E-state index contributed by atoms with van der Waals surface area (Å²) in [4.78, 5) is 14.2. The second kappa shape index (κ2) is 7.80. The van der Waals surface area contributed by atoms with Gasteiger partial charge in [0.1, 0.15) is 0 Å². The van der Waals surface area contributed by atoms with E-state index in [0.29, 0.717) is 17.7 Å². The zero-order valence-corrected chi connectivity index (χ0v) is 12.6. The van der Waals surface area contributed by atoms with Gasteiger partial charge in [-0.2, -0.15) is 5.26 Å². The lowest BCUT2D eigenvalue weighted by Crippen LogP contribution is -2.30. The maximum Gasteiger partial charge on any atom is 0.224 e. The van der Waals surface area contributed by atoms with E-state index in [1.165, 1.54) is 19.3 Å². The number of rotatable bonds is 7. The molecule has 0 heterocycles. The van der Waals surface area contributed by atoms with Crippen molar-refractivity contribution >= 4 is 11.6 Å². The quantitative estimate of drug-likeness (QED) is 0.838. The summed E-state index contributed by atoms with van der Waals surface area (Å²) in [6.07, 6.45) is 5.49. The highest BCUT2D eigenvalue weighted by Crippen LogP contribution is 2.26. The van der Waals surface area contributed by atoms with Gasteiger partial charge in [0.05, 0.1) is 11.6 Å². The van der Waals surface area contributed by atoms with Crippen LogP contribution < -0.4 is 5.32 Å². The minimum absolute atomic E-state index is 0.0159.